The fourth-order valence-corrected chi connectivity index (χ4v) is 2.63. The van der Waals surface area contributed by atoms with Crippen molar-refractivity contribution in [3.63, 3.8) is 0 Å². The smallest absolute Gasteiger partial charge is 0.224 e. The third-order valence-corrected chi connectivity index (χ3v) is 4.23. The van der Waals surface area contributed by atoms with E-state index in [0.29, 0.717) is 5.41 Å². The summed E-state index contributed by atoms with van der Waals surface area (Å²) in [5.41, 5.74) is 0.446. The highest BCUT2D eigenvalue weighted by molar-refractivity contribution is 5.85. The third-order valence-electron chi connectivity index (χ3n) is 4.23. The molecule has 0 aromatic rings. The van der Waals surface area contributed by atoms with Gasteiger partial charge < -0.3 is 10.6 Å². The molecule has 1 aliphatic carbocycles. The van der Waals surface area contributed by atoms with E-state index in [0.717, 1.165) is 26.1 Å². The molecule has 1 atom stereocenters. The molecule has 3 nitrogen and oxygen atoms in total. The van der Waals surface area contributed by atoms with Gasteiger partial charge in [-0.05, 0) is 37.6 Å². The van der Waals surface area contributed by atoms with Gasteiger partial charge in [-0.1, -0.05) is 13.3 Å². The second kappa shape index (κ2) is 5.87. The molecule has 0 bridgehead atoms. The molecule has 2 fully saturated rings. The van der Waals surface area contributed by atoms with Crippen LogP contribution >= 0.6 is 12.4 Å². The van der Waals surface area contributed by atoms with E-state index >= 15 is 0 Å². The number of carbonyl (C=O) groups is 1. The van der Waals surface area contributed by atoms with Crippen LogP contribution in [0.5, 0.6) is 0 Å². The maximum Gasteiger partial charge on any atom is 0.224 e. The van der Waals surface area contributed by atoms with Crippen molar-refractivity contribution in [3.05, 3.63) is 0 Å². The van der Waals surface area contributed by atoms with E-state index < -0.39 is 0 Å². The Morgan fingerprint density at radius 1 is 1.50 bits per heavy atom. The predicted molar refractivity (Wildman–Crippen MR) is 67.8 cm³/mol. The van der Waals surface area contributed by atoms with Gasteiger partial charge in [0.05, 0.1) is 5.92 Å². The summed E-state index contributed by atoms with van der Waals surface area (Å²) in [4.78, 5) is 11.8. The van der Waals surface area contributed by atoms with Gasteiger partial charge in [0, 0.05) is 13.1 Å². The van der Waals surface area contributed by atoms with Gasteiger partial charge in [0.15, 0.2) is 0 Å². The van der Waals surface area contributed by atoms with Crippen molar-refractivity contribution < 1.29 is 4.79 Å². The lowest BCUT2D eigenvalue weighted by Gasteiger charge is -2.41. The van der Waals surface area contributed by atoms with Gasteiger partial charge in [0.1, 0.15) is 0 Å². The molecular formula is C12H23ClN2O. The van der Waals surface area contributed by atoms with Crippen molar-refractivity contribution in [1.29, 1.82) is 0 Å². The zero-order valence-corrected chi connectivity index (χ0v) is 10.9. The lowest BCUT2D eigenvalue weighted by Crippen LogP contribution is -2.43. The number of hydrogen-bond acceptors (Lipinski definition) is 2. The molecule has 16 heavy (non-hydrogen) atoms. The topological polar surface area (TPSA) is 41.1 Å². The number of carbonyl (C=O) groups excluding carboxylic acids is 1. The normalized spacial score (nSPS) is 26.7. The summed E-state index contributed by atoms with van der Waals surface area (Å²) in [6.07, 6.45) is 6.15. The van der Waals surface area contributed by atoms with Gasteiger partial charge in [-0.2, -0.15) is 0 Å². The highest BCUT2D eigenvalue weighted by atomic mass is 35.5. The van der Waals surface area contributed by atoms with Crippen LogP contribution in [0.1, 0.15) is 39.0 Å². The summed E-state index contributed by atoms with van der Waals surface area (Å²) in [6.45, 7) is 5.00. The molecule has 0 radical (unpaired) electrons. The van der Waals surface area contributed by atoms with Crippen molar-refractivity contribution in [1.82, 2.24) is 10.6 Å². The first kappa shape index (κ1) is 13.8. The molecule has 2 aliphatic rings. The second-order valence-corrected chi connectivity index (χ2v) is 5.11. The average molecular weight is 247 g/mol. The zero-order valence-electron chi connectivity index (χ0n) is 10.1. The van der Waals surface area contributed by atoms with E-state index in [1.807, 2.05) is 0 Å². The monoisotopic (exact) mass is 246 g/mol. The Labute approximate surface area is 104 Å². The van der Waals surface area contributed by atoms with Crippen LogP contribution in [-0.4, -0.2) is 25.5 Å². The number of hydrogen-bond donors (Lipinski definition) is 2. The van der Waals surface area contributed by atoms with E-state index in [4.69, 9.17) is 0 Å². The number of halogens is 1. The van der Waals surface area contributed by atoms with E-state index in [9.17, 15) is 4.79 Å². The highest BCUT2D eigenvalue weighted by Crippen LogP contribution is 2.43. The molecule has 1 heterocycles. The predicted octanol–water partition coefficient (Wildman–Crippen LogP) is 1.71. The van der Waals surface area contributed by atoms with E-state index in [1.54, 1.807) is 0 Å². The van der Waals surface area contributed by atoms with Gasteiger partial charge >= 0.3 is 0 Å². The quantitative estimate of drug-likeness (QED) is 0.793. The first-order chi connectivity index (χ1) is 7.26. The van der Waals surface area contributed by atoms with Gasteiger partial charge in [-0.25, -0.2) is 0 Å². The lowest BCUT2D eigenvalue weighted by molar-refractivity contribution is -0.125. The Bertz CT molecular complexity index is 230. The van der Waals surface area contributed by atoms with Crippen molar-refractivity contribution in [3.8, 4) is 0 Å². The molecule has 1 aliphatic heterocycles. The molecule has 2 N–H and O–H groups in total. The largest absolute Gasteiger partial charge is 0.355 e. The summed E-state index contributed by atoms with van der Waals surface area (Å²) in [7, 11) is 0. The molecule has 4 heteroatoms. The van der Waals surface area contributed by atoms with Crippen LogP contribution in [0.2, 0.25) is 0 Å². The fraction of sp³-hybridized carbons (Fsp3) is 0.917. The number of nitrogens with one attached hydrogen (secondary N) is 2. The summed E-state index contributed by atoms with van der Waals surface area (Å²) in [6, 6.07) is 0. The molecule has 0 unspecified atom stereocenters. The average Bonchev–Trinajstić information content (AvgIpc) is 2.69. The molecule has 1 saturated heterocycles. The van der Waals surface area contributed by atoms with E-state index in [1.165, 1.54) is 25.7 Å². The lowest BCUT2D eigenvalue weighted by atomic mass is 9.67. The molecule has 1 amide bonds. The van der Waals surface area contributed by atoms with Gasteiger partial charge in [-0.3, -0.25) is 4.79 Å². The van der Waals surface area contributed by atoms with Crippen LogP contribution in [0, 0.1) is 11.3 Å². The van der Waals surface area contributed by atoms with Crippen LogP contribution in [-0.2, 0) is 4.79 Å². The molecule has 2 rings (SSSR count). The Morgan fingerprint density at radius 3 is 2.69 bits per heavy atom. The van der Waals surface area contributed by atoms with Crippen LogP contribution in [0.15, 0.2) is 0 Å². The second-order valence-electron chi connectivity index (χ2n) is 5.11. The van der Waals surface area contributed by atoms with Crippen molar-refractivity contribution >= 4 is 18.3 Å². The minimum absolute atomic E-state index is 0. The first-order valence-electron chi connectivity index (χ1n) is 6.24. The maximum atomic E-state index is 11.8. The number of rotatable bonds is 4. The van der Waals surface area contributed by atoms with E-state index in [2.05, 4.69) is 17.6 Å². The van der Waals surface area contributed by atoms with Crippen molar-refractivity contribution in [2.45, 2.75) is 39.0 Å². The molecule has 1 saturated carbocycles. The van der Waals surface area contributed by atoms with Crippen LogP contribution < -0.4 is 10.6 Å². The standard InChI is InChI=1S/C12H22N2O.ClH/c1-2-12(5-3-6-12)9-14-11(15)10-4-7-13-8-10;/h10,13H,2-9H2,1H3,(H,14,15);1H/t10-;/m0./s1. The van der Waals surface area contributed by atoms with Crippen molar-refractivity contribution in [2.75, 3.05) is 19.6 Å². The molecular weight excluding hydrogens is 224 g/mol. The van der Waals surface area contributed by atoms with Gasteiger partial charge in [-0.15, -0.1) is 12.4 Å². The third kappa shape index (κ3) is 2.89. The number of amides is 1. The Balaban J connectivity index is 0.00000128. The molecule has 0 aromatic heterocycles. The summed E-state index contributed by atoms with van der Waals surface area (Å²) < 4.78 is 0. The molecule has 0 spiro atoms. The van der Waals surface area contributed by atoms with Gasteiger partial charge in [0.2, 0.25) is 5.91 Å². The maximum absolute atomic E-state index is 11.8. The minimum atomic E-state index is 0. The fourth-order valence-electron chi connectivity index (χ4n) is 2.63. The Kier molecular flexibility index (Phi) is 5.06. The van der Waals surface area contributed by atoms with Gasteiger partial charge in [0.25, 0.3) is 0 Å². The highest BCUT2D eigenvalue weighted by Gasteiger charge is 2.35. The summed E-state index contributed by atoms with van der Waals surface area (Å²) in [5.74, 6) is 0.485. The Hall–Kier alpha value is -0.280. The summed E-state index contributed by atoms with van der Waals surface area (Å²) >= 11 is 0. The molecule has 0 aromatic carbocycles. The van der Waals surface area contributed by atoms with Crippen LogP contribution in [0.4, 0.5) is 0 Å². The first-order valence-corrected chi connectivity index (χ1v) is 6.24. The van der Waals surface area contributed by atoms with Crippen molar-refractivity contribution in [2.24, 2.45) is 11.3 Å². The summed E-state index contributed by atoms with van der Waals surface area (Å²) in [5, 5.41) is 6.37. The minimum Gasteiger partial charge on any atom is -0.355 e. The Morgan fingerprint density at radius 2 is 2.25 bits per heavy atom. The molecule has 94 valence electrons. The zero-order chi connectivity index (χ0) is 10.7. The van der Waals surface area contributed by atoms with Crippen LogP contribution in [0.25, 0.3) is 0 Å². The van der Waals surface area contributed by atoms with E-state index in [-0.39, 0.29) is 24.2 Å². The van der Waals surface area contributed by atoms with Crippen LogP contribution in [0.3, 0.4) is 0 Å². The SMILES string of the molecule is CCC1(CNC(=O)[C@H]2CCNC2)CCC1.Cl.